The van der Waals surface area contributed by atoms with Crippen LogP contribution < -0.4 is 4.74 Å². The Labute approximate surface area is 107 Å². The summed E-state index contributed by atoms with van der Waals surface area (Å²) in [7, 11) is 1.53. The number of carbonyl (C=O) groups is 1. The van der Waals surface area contributed by atoms with E-state index in [4.69, 9.17) is 21.4 Å². The third-order valence-corrected chi connectivity index (χ3v) is 3.17. The van der Waals surface area contributed by atoms with Crippen molar-refractivity contribution in [3.8, 4) is 17.0 Å². The lowest BCUT2D eigenvalue weighted by Gasteiger charge is -2.05. The second-order valence-corrected chi connectivity index (χ2v) is 4.47. The van der Waals surface area contributed by atoms with Gasteiger partial charge >= 0.3 is 5.97 Å². The molecule has 1 aromatic carbocycles. The highest BCUT2D eigenvalue weighted by Crippen LogP contribution is 2.32. The zero-order valence-electron chi connectivity index (χ0n) is 8.81. The molecule has 0 atom stereocenters. The van der Waals surface area contributed by atoms with Crippen LogP contribution in [0.5, 0.6) is 5.75 Å². The van der Waals surface area contributed by atoms with E-state index in [0.29, 0.717) is 16.5 Å². The highest BCUT2D eigenvalue weighted by molar-refractivity contribution is 7.08. The van der Waals surface area contributed by atoms with Gasteiger partial charge in [0, 0.05) is 10.6 Å². The molecule has 17 heavy (non-hydrogen) atoms. The number of carboxylic acids is 1. The quantitative estimate of drug-likeness (QED) is 0.930. The first kappa shape index (κ1) is 11.9. The van der Waals surface area contributed by atoms with Crippen molar-refractivity contribution in [2.45, 2.75) is 0 Å². The zero-order chi connectivity index (χ0) is 12.4. The van der Waals surface area contributed by atoms with Crippen LogP contribution >= 0.6 is 23.1 Å². The van der Waals surface area contributed by atoms with Gasteiger partial charge in [-0.15, -0.1) is 0 Å². The van der Waals surface area contributed by atoms with Crippen molar-refractivity contribution in [2.75, 3.05) is 7.11 Å². The summed E-state index contributed by atoms with van der Waals surface area (Å²) in [6.07, 6.45) is 0. The Morgan fingerprint density at radius 2 is 2.24 bits per heavy atom. The number of hydrogen-bond acceptors (Lipinski definition) is 4. The average Bonchev–Trinajstić information content (AvgIpc) is 2.78. The molecular weight excluding hydrogens is 262 g/mol. The van der Waals surface area contributed by atoms with Gasteiger partial charge in [0.05, 0.1) is 12.8 Å². The maximum atomic E-state index is 10.8. The monoisotopic (exact) mass is 269 g/mol. The van der Waals surface area contributed by atoms with Gasteiger partial charge in [-0.3, -0.25) is 0 Å². The van der Waals surface area contributed by atoms with Gasteiger partial charge in [0.1, 0.15) is 10.6 Å². The van der Waals surface area contributed by atoms with Crippen LogP contribution in [0.3, 0.4) is 0 Å². The lowest BCUT2D eigenvalue weighted by atomic mass is 10.1. The van der Waals surface area contributed by atoms with Crippen molar-refractivity contribution in [3.05, 3.63) is 34.2 Å². The normalized spacial score (nSPS) is 10.2. The van der Waals surface area contributed by atoms with E-state index in [1.165, 1.54) is 13.2 Å². The number of ether oxygens (including phenoxy) is 1. The number of carboxylic acid groups (broad SMARTS) is 1. The molecule has 0 saturated heterocycles. The Morgan fingerprint density at radius 3 is 2.82 bits per heavy atom. The standard InChI is InChI=1S/C11H8ClNO3S/c1-16-9-4-6(12)2-3-7(9)8-5-10(11(14)15)17-13-8/h2-5H,1H3,(H,14,15). The maximum Gasteiger partial charge on any atom is 0.347 e. The molecule has 0 aliphatic heterocycles. The Hall–Kier alpha value is -1.59. The minimum Gasteiger partial charge on any atom is -0.496 e. The highest BCUT2D eigenvalue weighted by atomic mass is 35.5. The molecule has 0 aliphatic carbocycles. The third-order valence-electron chi connectivity index (χ3n) is 2.16. The molecule has 88 valence electrons. The second kappa shape index (κ2) is 4.73. The van der Waals surface area contributed by atoms with Gasteiger partial charge < -0.3 is 9.84 Å². The van der Waals surface area contributed by atoms with Gasteiger partial charge in [-0.2, -0.15) is 4.37 Å². The molecule has 0 radical (unpaired) electrons. The predicted molar refractivity (Wildman–Crippen MR) is 66.1 cm³/mol. The minimum atomic E-state index is -0.985. The lowest BCUT2D eigenvalue weighted by molar-refractivity contribution is 0.0702. The van der Waals surface area contributed by atoms with E-state index in [9.17, 15) is 4.79 Å². The smallest absolute Gasteiger partial charge is 0.347 e. The van der Waals surface area contributed by atoms with E-state index in [-0.39, 0.29) is 4.88 Å². The molecule has 0 spiro atoms. The summed E-state index contributed by atoms with van der Waals surface area (Å²) in [5, 5.41) is 9.39. The molecule has 1 heterocycles. The molecule has 0 fully saturated rings. The summed E-state index contributed by atoms with van der Waals surface area (Å²) in [5.41, 5.74) is 1.29. The summed E-state index contributed by atoms with van der Waals surface area (Å²) in [5.74, 6) is -0.415. The summed E-state index contributed by atoms with van der Waals surface area (Å²) in [4.78, 5) is 11.0. The minimum absolute atomic E-state index is 0.192. The Balaban J connectivity index is 2.48. The number of aromatic nitrogens is 1. The van der Waals surface area contributed by atoms with Crippen LogP contribution in [-0.2, 0) is 0 Å². The van der Waals surface area contributed by atoms with Crippen molar-refractivity contribution in [1.29, 1.82) is 0 Å². The van der Waals surface area contributed by atoms with E-state index in [1.807, 2.05) is 0 Å². The Bertz CT molecular complexity index is 568. The first-order valence-electron chi connectivity index (χ1n) is 4.65. The molecule has 0 aliphatic rings. The molecule has 0 saturated carbocycles. The van der Waals surface area contributed by atoms with Crippen LogP contribution in [0, 0.1) is 0 Å². The molecular formula is C11H8ClNO3S. The van der Waals surface area contributed by atoms with Gasteiger partial charge in [-0.1, -0.05) is 11.6 Å². The number of hydrogen-bond donors (Lipinski definition) is 1. The Kier molecular flexibility index (Phi) is 3.31. The number of methoxy groups -OCH3 is 1. The SMILES string of the molecule is COc1cc(Cl)ccc1-c1cc(C(=O)O)sn1. The summed E-state index contributed by atoms with van der Waals surface area (Å²) in [6, 6.07) is 6.64. The van der Waals surface area contributed by atoms with Gasteiger partial charge in [0.15, 0.2) is 0 Å². The second-order valence-electron chi connectivity index (χ2n) is 3.23. The van der Waals surface area contributed by atoms with Crippen LogP contribution in [0.2, 0.25) is 5.02 Å². The van der Waals surface area contributed by atoms with Crippen molar-refractivity contribution >= 4 is 29.1 Å². The van der Waals surface area contributed by atoms with Crippen LogP contribution in [0.15, 0.2) is 24.3 Å². The van der Waals surface area contributed by atoms with E-state index < -0.39 is 5.97 Å². The van der Waals surface area contributed by atoms with Crippen molar-refractivity contribution in [1.82, 2.24) is 4.37 Å². The van der Waals surface area contributed by atoms with Crippen molar-refractivity contribution in [3.63, 3.8) is 0 Å². The van der Waals surface area contributed by atoms with Gasteiger partial charge in [0.25, 0.3) is 0 Å². The van der Waals surface area contributed by atoms with E-state index in [1.54, 1.807) is 18.2 Å². The van der Waals surface area contributed by atoms with Gasteiger partial charge in [-0.25, -0.2) is 4.79 Å². The Morgan fingerprint density at radius 1 is 1.47 bits per heavy atom. The van der Waals surface area contributed by atoms with Crippen molar-refractivity contribution in [2.24, 2.45) is 0 Å². The fourth-order valence-corrected chi connectivity index (χ4v) is 2.13. The number of aromatic carboxylic acids is 1. The molecule has 0 bridgehead atoms. The summed E-state index contributed by atoms with van der Waals surface area (Å²) < 4.78 is 9.27. The molecule has 0 unspecified atom stereocenters. The van der Waals surface area contributed by atoms with E-state index in [2.05, 4.69) is 4.37 Å². The number of nitrogens with zero attached hydrogens (tertiary/aromatic N) is 1. The predicted octanol–water partition coefficient (Wildman–Crippen LogP) is 3.17. The molecule has 1 N–H and O–H groups in total. The van der Waals surface area contributed by atoms with Crippen LogP contribution in [-0.4, -0.2) is 22.6 Å². The number of rotatable bonds is 3. The third kappa shape index (κ3) is 2.40. The van der Waals surface area contributed by atoms with Gasteiger partial charge in [0.2, 0.25) is 0 Å². The van der Waals surface area contributed by atoms with Crippen LogP contribution in [0.25, 0.3) is 11.3 Å². The van der Waals surface area contributed by atoms with E-state index in [0.717, 1.165) is 17.1 Å². The largest absolute Gasteiger partial charge is 0.496 e. The zero-order valence-corrected chi connectivity index (χ0v) is 10.4. The molecule has 6 heteroatoms. The van der Waals surface area contributed by atoms with E-state index >= 15 is 0 Å². The molecule has 2 rings (SSSR count). The fraction of sp³-hybridized carbons (Fsp3) is 0.0909. The average molecular weight is 270 g/mol. The molecule has 2 aromatic rings. The molecule has 4 nitrogen and oxygen atoms in total. The number of halogens is 1. The van der Waals surface area contributed by atoms with Crippen molar-refractivity contribution < 1.29 is 14.6 Å². The topological polar surface area (TPSA) is 59.4 Å². The highest BCUT2D eigenvalue weighted by Gasteiger charge is 2.13. The first-order chi connectivity index (χ1) is 8.11. The molecule has 1 aromatic heterocycles. The summed E-state index contributed by atoms with van der Waals surface area (Å²) >= 11 is 6.78. The van der Waals surface area contributed by atoms with Crippen LogP contribution in [0.4, 0.5) is 0 Å². The maximum absolute atomic E-state index is 10.8. The van der Waals surface area contributed by atoms with Crippen LogP contribution in [0.1, 0.15) is 9.67 Å². The summed E-state index contributed by atoms with van der Waals surface area (Å²) in [6.45, 7) is 0. The first-order valence-corrected chi connectivity index (χ1v) is 5.81. The fourth-order valence-electron chi connectivity index (χ4n) is 1.38. The lowest BCUT2D eigenvalue weighted by Crippen LogP contribution is -1.90. The molecule has 0 amide bonds. The van der Waals surface area contributed by atoms with Gasteiger partial charge in [-0.05, 0) is 35.8 Å². The number of benzene rings is 1.